The Morgan fingerprint density at radius 2 is 2.11 bits per heavy atom. The van der Waals surface area contributed by atoms with Gasteiger partial charge in [0.05, 0.1) is 18.8 Å². The van der Waals surface area contributed by atoms with Gasteiger partial charge in [-0.3, -0.25) is 0 Å². The third-order valence-electron chi connectivity index (χ3n) is 3.43. The highest BCUT2D eigenvalue weighted by Gasteiger charge is 2.36. The quantitative estimate of drug-likeness (QED) is 0.881. The summed E-state index contributed by atoms with van der Waals surface area (Å²) in [6, 6.07) is 6.09. The normalized spacial score (nSPS) is 22.3. The van der Waals surface area contributed by atoms with Crippen LogP contribution < -0.4 is 5.32 Å². The summed E-state index contributed by atoms with van der Waals surface area (Å²) in [7, 11) is 0. The van der Waals surface area contributed by atoms with Gasteiger partial charge in [0.2, 0.25) is 0 Å². The minimum Gasteiger partial charge on any atom is -0.464 e. The molecule has 1 saturated carbocycles. The Morgan fingerprint density at radius 3 is 2.78 bits per heavy atom. The van der Waals surface area contributed by atoms with E-state index in [-0.39, 0.29) is 0 Å². The van der Waals surface area contributed by atoms with Gasteiger partial charge in [-0.15, -0.1) is 0 Å². The molecular weight excluding hydrogens is 228 g/mol. The van der Waals surface area contributed by atoms with Crippen LogP contribution in [0.25, 0.3) is 0 Å². The van der Waals surface area contributed by atoms with Crippen LogP contribution in [0.4, 0.5) is 0 Å². The Bertz CT molecular complexity index is 529. The van der Waals surface area contributed by atoms with Crippen molar-refractivity contribution in [3.05, 3.63) is 41.2 Å². The van der Waals surface area contributed by atoms with E-state index in [1.165, 1.54) is 6.42 Å². The number of furan rings is 1. The summed E-state index contributed by atoms with van der Waals surface area (Å²) in [6.07, 6.45) is 1.26. The van der Waals surface area contributed by atoms with Crippen molar-refractivity contribution in [1.29, 1.82) is 0 Å². The molecule has 0 bridgehead atoms. The molecule has 2 aromatic rings. The highest BCUT2D eigenvalue weighted by atomic mass is 16.5. The van der Waals surface area contributed by atoms with Crippen molar-refractivity contribution < 1.29 is 8.94 Å². The van der Waals surface area contributed by atoms with E-state index in [4.69, 9.17) is 8.94 Å². The predicted molar refractivity (Wildman–Crippen MR) is 67.0 cm³/mol. The summed E-state index contributed by atoms with van der Waals surface area (Å²) in [4.78, 5) is 0. The Balaban J connectivity index is 1.49. The second-order valence-corrected chi connectivity index (χ2v) is 5.16. The van der Waals surface area contributed by atoms with Gasteiger partial charge < -0.3 is 14.3 Å². The van der Waals surface area contributed by atoms with E-state index in [0.29, 0.717) is 12.5 Å². The van der Waals surface area contributed by atoms with Crippen molar-refractivity contribution in [1.82, 2.24) is 10.5 Å². The van der Waals surface area contributed by atoms with Crippen LogP contribution in [0.2, 0.25) is 0 Å². The molecule has 4 heteroatoms. The van der Waals surface area contributed by atoms with Gasteiger partial charge in [0, 0.05) is 12.0 Å². The lowest BCUT2D eigenvalue weighted by atomic mass is 10.3. The van der Waals surface area contributed by atoms with Crippen LogP contribution in [0.15, 0.2) is 27.1 Å². The zero-order chi connectivity index (χ0) is 12.5. The maximum absolute atomic E-state index is 5.81. The molecule has 4 nitrogen and oxygen atoms in total. The molecule has 0 radical (unpaired) electrons. The van der Waals surface area contributed by atoms with E-state index in [1.54, 1.807) is 0 Å². The van der Waals surface area contributed by atoms with Crippen LogP contribution in [0.5, 0.6) is 0 Å². The summed E-state index contributed by atoms with van der Waals surface area (Å²) in [5.41, 5.74) is 0.912. The first kappa shape index (κ1) is 11.5. The van der Waals surface area contributed by atoms with Crippen molar-refractivity contribution in [3.63, 3.8) is 0 Å². The molecule has 1 fully saturated rings. The van der Waals surface area contributed by atoms with Crippen molar-refractivity contribution in [2.24, 2.45) is 5.92 Å². The third kappa shape index (κ3) is 2.48. The predicted octanol–water partition coefficient (Wildman–Crippen LogP) is 2.99. The summed E-state index contributed by atoms with van der Waals surface area (Å²) in [6.45, 7) is 5.58. The summed E-state index contributed by atoms with van der Waals surface area (Å²) >= 11 is 0. The van der Waals surface area contributed by atoms with Gasteiger partial charge in [-0.25, -0.2) is 0 Å². The number of nitrogens with zero attached hydrogens (tertiary/aromatic N) is 1. The van der Waals surface area contributed by atoms with E-state index < -0.39 is 0 Å². The fraction of sp³-hybridized carbons (Fsp3) is 0.500. The minimum absolute atomic E-state index is 0.649. The summed E-state index contributed by atoms with van der Waals surface area (Å²) in [5.74, 6) is 4.41. The smallest absolute Gasteiger partial charge is 0.150 e. The van der Waals surface area contributed by atoms with E-state index in [2.05, 4.69) is 29.5 Å². The number of hydrogen-bond donors (Lipinski definition) is 1. The zero-order valence-corrected chi connectivity index (χ0v) is 10.8. The number of aromatic nitrogens is 1. The molecule has 18 heavy (non-hydrogen) atoms. The Labute approximate surface area is 106 Å². The molecule has 0 saturated heterocycles. The van der Waals surface area contributed by atoms with Crippen LogP contribution in [0.3, 0.4) is 0 Å². The van der Waals surface area contributed by atoms with Gasteiger partial charge in [-0.2, -0.15) is 0 Å². The van der Waals surface area contributed by atoms with Crippen LogP contribution in [-0.2, 0) is 13.1 Å². The highest BCUT2D eigenvalue weighted by molar-refractivity contribution is 5.17. The van der Waals surface area contributed by atoms with Gasteiger partial charge in [0.25, 0.3) is 0 Å². The molecule has 3 rings (SSSR count). The topological polar surface area (TPSA) is 51.2 Å². The second-order valence-electron chi connectivity index (χ2n) is 5.16. The maximum atomic E-state index is 5.81. The molecule has 2 heterocycles. The van der Waals surface area contributed by atoms with E-state index in [9.17, 15) is 0 Å². The molecule has 1 aliphatic rings. The van der Waals surface area contributed by atoms with E-state index in [0.717, 1.165) is 35.4 Å². The van der Waals surface area contributed by atoms with Crippen molar-refractivity contribution >= 4 is 0 Å². The van der Waals surface area contributed by atoms with Crippen LogP contribution in [0.1, 0.15) is 42.2 Å². The monoisotopic (exact) mass is 246 g/mol. The molecule has 1 N–H and O–H groups in total. The fourth-order valence-electron chi connectivity index (χ4n) is 2.22. The highest BCUT2D eigenvalue weighted by Crippen LogP contribution is 2.47. The standard InChI is InChI=1S/C14H18N2O2/c1-9-5-13(9)14-4-3-11(17-14)7-15-8-12-6-10(2)16-18-12/h3-4,6,9,13,15H,5,7-8H2,1-2H3. The van der Waals surface area contributed by atoms with Gasteiger partial charge in [-0.1, -0.05) is 12.1 Å². The molecule has 2 aromatic heterocycles. The average molecular weight is 246 g/mol. The number of rotatable bonds is 5. The van der Waals surface area contributed by atoms with Crippen LogP contribution in [-0.4, -0.2) is 5.16 Å². The summed E-state index contributed by atoms with van der Waals surface area (Å²) in [5, 5.41) is 7.14. The fourth-order valence-corrected chi connectivity index (χ4v) is 2.22. The Morgan fingerprint density at radius 1 is 1.33 bits per heavy atom. The third-order valence-corrected chi connectivity index (χ3v) is 3.43. The lowest BCUT2D eigenvalue weighted by molar-refractivity contribution is 0.364. The molecule has 96 valence electrons. The van der Waals surface area contributed by atoms with Gasteiger partial charge in [0.15, 0.2) is 5.76 Å². The minimum atomic E-state index is 0.649. The van der Waals surface area contributed by atoms with Crippen molar-refractivity contribution in [2.45, 2.75) is 39.3 Å². The first-order chi connectivity index (χ1) is 8.72. The molecule has 0 aromatic carbocycles. The number of hydrogen-bond acceptors (Lipinski definition) is 4. The van der Waals surface area contributed by atoms with Gasteiger partial charge in [-0.05, 0) is 31.4 Å². The lowest BCUT2D eigenvalue weighted by Crippen LogP contribution is -2.11. The molecule has 1 aliphatic carbocycles. The van der Waals surface area contributed by atoms with E-state index >= 15 is 0 Å². The largest absolute Gasteiger partial charge is 0.464 e. The molecular formula is C14H18N2O2. The number of aryl methyl sites for hydroxylation is 1. The molecule has 2 atom stereocenters. The van der Waals surface area contributed by atoms with E-state index in [1.807, 2.05) is 13.0 Å². The second kappa shape index (κ2) is 4.61. The summed E-state index contributed by atoms with van der Waals surface area (Å²) < 4.78 is 10.9. The molecule has 0 amide bonds. The van der Waals surface area contributed by atoms with Gasteiger partial charge >= 0.3 is 0 Å². The first-order valence-corrected chi connectivity index (χ1v) is 6.44. The molecule has 2 unspecified atom stereocenters. The van der Waals surface area contributed by atoms with Crippen LogP contribution in [0, 0.1) is 12.8 Å². The molecule has 0 aliphatic heterocycles. The number of nitrogens with one attached hydrogen (secondary N) is 1. The Kier molecular flexibility index (Phi) is 2.96. The average Bonchev–Trinajstić information content (AvgIpc) is 2.79. The van der Waals surface area contributed by atoms with Crippen molar-refractivity contribution in [3.8, 4) is 0 Å². The van der Waals surface area contributed by atoms with Gasteiger partial charge in [0.1, 0.15) is 11.5 Å². The Hall–Kier alpha value is -1.55. The first-order valence-electron chi connectivity index (χ1n) is 6.44. The SMILES string of the molecule is Cc1cc(CNCc2ccc(C3CC3C)o2)on1. The molecule has 0 spiro atoms. The maximum Gasteiger partial charge on any atom is 0.150 e. The lowest BCUT2D eigenvalue weighted by Gasteiger charge is -1.99. The van der Waals surface area contributed by atoms with Crippen LogP contribution >= 0.6 is 0 Å². The van der Waals surface area contributed by atoms with Crippen molar-refractivity contribution in [2.75, 3.05) is 0 Å². The zero-order valence-electron chi connectivity index (χ0n) is 10.8.